The first-order valence-electron chi connectivity index (χ1n) is 16.8. The van der Waals surface area contributed by atoms with Crippen LogP contribution in [0.5, 0.6) is 11.5 Å². The van der Waals surface area contributed by atoms with E-state index in [1.54, 1.807) is 68.5 Å². The topological polar surface area (TPSA) is 194 Å². The van der Waals surface area contributed by atoms with Crippen LogP contribution in [0, 0.1) is 49.3 Å². The summed E-state index contributed by atoms with van der Waals surface area (Å²) in [6.45, 7) is 3.70. The second kappa shape index (κ2) is 12.3. The van der Waals surface area contributed by atoms with Gasteiger partial charge >= 0.3 is 11.4 Å². The molecule has 15 heteroatoms. The number of nitro groups is 2. The summed E-state index contributed by atoms with van der Waals surface area (Å²) < 4.78 is 5.69. The molecule has 2 aliphatic carbocycles. The van der Waals surface area contributed by atoms with Gasteiger partial charge in [0.25, 0.3) is 0 Å². The first-order valence-corrected chi connectivity index (χ1v) is 16.8. The third-order valence-corrected chi connectivity index (χ3v) is 11.1. The molecule has 6 atom stereocenters. The molecule has 0 unspecified atom stereocenters. The number of carbonyl (C=O) groups excluding carboxylic acids is 4. The predicted molar refractivity (Wildman–Crippen MR) is 187 cm³/mol. The van der Waals surface area contributed by atoms with Gasteiger partial charge in [0.1, 0.15) is 0 Å². The number of rotatable bonds is 8. The maximum Gasteiger partial charge on any atom is 0.301 e. The average Bonchev–Trinajstić information content (AvgIpc) is 3.48. The molecule has 4 amide bonds. The first kappa shape index (κ1) is 34.3. The number of hydrogen-bond donors (Lipinski definition) is 1. The van der Waals surface area contributed by atoms with Crippen molar-refractivity contribution >= 4 is 52.1 Å². The zero-order valence-corrected chi connectivity index (χ0v) is 28.7. The van der Waals surface area contributed by atoms with Crippen LogP contribution in [0.1, 0.15) is 38.2 Å². The highest BCUT2D eigenvalue weighted by Gasteiger charge is 2.68. The molecule has 0 radical (unpaired) electrons. The monoisotopic (exact) mass is 709 g/mol. The van der Waals surface area contributed by atoms with Gasteiger partial charge in [0.05, 0.1) is 51.0 Å². The van der Waals surface area contributed by atoms with Crippen LogP contribution >= 0.6 is 0 Å². The normalized spacial score (nSPS) is 26.5. The Morgan fingerprint density at radius 3 is 2.13 bits per heavy atom. The van der Waals surface area contributed by atoms with Crippen molar-refractivity contribution in [1.82, 2.24) is 0 Å². The number of benzene rings is 3. The summed E-state index contributed by atoms with van der Waals surface area (Å²) in [5.74, 6) is -7.06. The van der Waals surface area contributed by atoms with Crippen molar-refractivity contribution in [2.45, 2.75) is 32.6 Å². The van der Waals surface area contributed by atoms with E-state index in [1.807, 2.05) is 0 Å². The van der Waals surface area contributed by atoms with E-state index in [1.165, 1.54) is 19.0 Å². The Kier molecular flexibility index (Phi) is 8.11. The molecule has 0 bridgehead atoms. The molecule has 1 saturated carbocycles. The number of para-hydroxylation sites is 2. The third-order valence-electron chi connectivity index (χ3n) is 11.1. The molecule has 2 saturated heterocycles. The summed E-state index contributed by atoms with van der Waals surface area (Å²) >= 11 is 0. The maximum absolute atomic E-state index is 14.6. The molecular weight excluding hydrogens is 674 g/mol. The molecule has 268 valence electrons. The molecule has 3 fully saturated rings. The highest BCUT2D eigenvalue weighted by molar-refractivity contribution is 6.25. The number of amides is 4. The van der Waals surface area contributed by atoms with Crippen LogP contribution < -0.4 is 19.4 Å². The minimum absolute atomic E-state index is 0.0204. The molecule has 3 aromatic carbocycles. The van der Waals surface area contributed by atoms with Crippen LogP contribution in [-0.4, -0.2) is 59.3 Å². The second-order valence-electron chi connectivity index (χ2n) is 13.9. The predicted octanol–water partition coefficient (Wildman–Crippen LogP) is 5.11. The summed E-state index contributed by atoms with van der Waals surface area (Å²) in [4.78, 5) is 83.4. The molecule has 2 heterocycles. The summed E-state index contributed by atoms with van der Waals surface area (Å²) in [5, 5.41) is 35.8. The molecule has 0 spiro atoms. The number of phenolic OH excluding ortho intramolecular Hbond substituents is 1. The fraction of sp³-hybridized carbons (Fsp3) is 0.351. The number of carbonyl (C=O) groups is 4. The highest BCUT2D eigenvalue weighted by atomic mass is 16.6. The molecule has 0 aromatic heterocycles. The van der Waals surface area contributed by atoms with E-state index in [2.05, 4.69) is 0 Å². The number of ether oxygens (including phenoxy) is 1. The van der Waals surface area contributed by atoms with Crippen molar-refractivity contribution in [3.05, 3.63) is 98.1 Å². The molecule has 2 aliphatic heterocycles. The molecule has 1 N–H and O–H groups in total. The Balaban J connectivity index is 1.38. The number of phenols is 1. The van der Waals surface area contributed by atoms with Gasteiger partial charge in [-0.2, -0.15) is 0 Å². The third kappa shape index (κ3) is 4.78. The largest absolute Gasteiger partial charge is 0.504 e. The molecule has 4 aliphatic rings. The van der Waals surface area contributed by atoms with Crippen LogP contribution in [0.4, 0.5) is 28.4 Å². The molecular formula is C37H35N5O10. The fourth-order valence-electron chi connectivity index (χ4n) is 8.94. The molecule has 15 nitrogen and oxygen atoms in total. The van der Waals surface area contributed by atoms with Crippen LogP contribution in [0.25, 0.3) is 0 Å². The number of imide groups is 2. The Hall–Kier alpha value is -6.12. The number of hydrogen-bond acceptors (Lipinski definition) is 11. The lowest BCUT2D eigenvalue weighted by atomic mass is 9.51. The van der Waals surface area contributed by atoms with Crippen LogP contribution in [-0.2, 0) is 19.2 Å². The number of fused-ring (bicyclic) bond motifs is 4. The zero-order valence-electron chi connectivity index (χ0n) is 28.7. The van der Waals surface area contributed by atoms with Crippen molar-refractivity contribution in [3.8, 4) is 11.5 Å². The van der Waals surface area contributed by atoms with Crippen LogP contribution in [0.3, 0.4) is 0 Å². The van der Waals surface area contributed by atoms with Gasteiger partial charge in [-0.1, -0.05) is 42.0 Å². The van der Waals surface area contributed by atoms with Crippen molar-refractivity contribution in [1.29, 1.82) is 0 Å². The zero-order chi connectivity index (χ0) is 37.4. The summed E-state index contributed by atoms with van der Waals surface area (Å²) in [6, 6.07) is 15.4. The first-order chi connectivity index (χ1) is 24.7. The fourth-order valence-corrected chi connectivity index (χ4v) is 8.94. The van der Waals surface area contributed by atoms with Gasteiger partial charge in [-0.25, -0.2) is 9.80 Å². The Bertz CT molecular complexity index is 2080. The van der Waals surface area contributed by atoms with Gasteiger partial charge < -0.3 is 14.7 Å². The van der Waals surface area contributed by atoms with Crippen LogP contribution in [0.15, 0.2) is 72.3 Å². The van der Waals surface area contributed by atoms with E-state index >= 15 is 0 Å². The molecule has 7 rings (SSSR count). The standard InChI is InChI=1S/C37H35N5O10/c1-5-52-28-13-9-12-23(32(28)43)30-21-14-15-22-29(24(21)18-25-34(45)40(36(47)37(25,30)2)19-10-7-6-8-11-19)35(46)39(33(22)44)20-16-26(41(48)49)31(38(3)4)27(17-20)42(50)51/h6-14,16-17,22,24-25,29-30,43H,5,15,18H2,1-4H3/t22-,24+,25-,29-,30+,37+/m0/s1. The summed E-state index contributed by atoms with van der Waals surface area (Å²) in [5.41, 5.74) is -2.04. The van der Waals surface area contributed by atoms with Gasteiger partial charge in [-0.3, -0.25) is 39.4 Å². The molecule has 52 heavy (non-hydrogen) atoms. The average molecular weight is 710 g/mol. The van der Waals surface area contributed by atoms with E-state index in [-0.39, 0.29) is 42.3 Å². The van der Waals surface area contributed by atoms with E-state index in [9.17, 15) is 44.5 Å². The Morgan fingerprint density at radius 1 is 0.885 bits per heavy atom. The number of aromatic hydroxyl groups is 1. The Morgan fingerprint density at radius 2 is 1.54 bits per heavy atom. The van der Waals surface area contributed by atoms with Crippen molar-refractivity contribution in [3.63, 3.8) is 0 Å². The van der Waals surface area contributed by atoms with Crippen molar-refractivity contribution in [2.24, 2.45) is 29.1 Å². The van der Waals surface area contributed by atoms with Gasteiger partial charge in [-0.15, -0.1) is 0 Å². The number of nitrogens with zero attached hydrogens (tertiary/aromatic N) is 5. The van der Waals surface area contributed by atoms with Gasteiger partial charge in [0.2, 0.25) is 23.6 Å². The summed E-state index contributed by atoms with van der Waals surface area (Å²) in [6.07, 6.45) is 1.86. The van der Waals surface area contributed by atoms with E-state index in [0.29, 0.717) is 16.8 Å². The lowest BCUT2D eigenvalue weighted by Gasteiger charge is -2.49. The molecule has 3 aromatic rings. The van der Waals surface area contributed by atoms with Crippen LogP contribution in [0.2, 0.25) is 0 Å². The minimum atomic E-state index is -1.42. The van der Waals surface area contributed by atoms with E-state index in [0.717, 1.165) is 21.9 Å². The lowest BCUT2D eigenvalue weighted by Crippen LogP contribution is -2.48. The lowest BCUT2D eigenvalue weighted by molar-refractivity contribution is -0.392. The smallest absolute Gasteiger partial charge is 0.301 e. The van der Waals surface area contributed by atoms with Gasteiger partial charge in [0, 0.05) is 37.7 Å². The van der Waals surface area contributed by atoms with Crippen molar-refractivity contribution < 1.29 is 38.9 Å². The van der Waals surface area contributed by atoms with E-state index in [4.69, 9.17) is 4.74 Å². The number of anilines is 3. The SMILES string of the molecule is CCOc1cccc([C@H]2C3=CC[C@@H]4C(=O)N(c5cc([N+](=O)[O-])c(N(C)C)c([N+](=O)[O-])c5)C(=O)[C@@H]4[C@@H]3C[C@H]3C(=O)N(c4ccccc4)C(=O)[C@@]23C)c1O. The highest BCUT2D eigenvalue weighted by Crippen LogP contribution is 2.65. The van der Waals surface area contributed by atoms with E-state index < -0.39 is 79.9 Å². The van der Waals surface area contributed by atoms with Gasteiger partial charge in [-0.05, 0) is 50.8 Å². The quantitative estimate of drug-likeness (QED) is 0.141. The van der Waals surface area contributed by atoms with Gasteiger partial charge in [0.15, 0.2) is 17.2 Å². The Labute approximate surface area is 297 Å². The maximum atomic E-state index is 14.6. The number of nitro benzene ring substituents is 2. The minimum Gasteiger partial charge on any atom is -0.504 e. The van der Waals surface area contributed by atoms with Crippen molar-refractivity contribution in [2.75, 3.05) is 35.4 Å². The summed E-state index contributed by atoms with van der Waals surface area (Å²) in [7, 11) is 2.82. The number of allylic oxidation sites excluding steroid dienone is 2. The second-order valence-corrected chi connectivity index (χ2v) is 13.9.